The Morgan fingerprint density at radius 1 is 1.12 bits per heavy atom. The molecule has 0 aliphatic rings. The molecule has 0 saturated carbocycles. The fourth-order valence-corrected chi connectivity index (χ4v) is 1.67. The van der Waals surface area contributed by atoms with Gasteiger partial charge < -0.3 is 18.9 Å². The molecular formula is C19H24O5. The number of methoxy groups -OCH3 is 2. The molecule has 0 radical (unpaired) electrons. The van der Waals surface area contributed by atoms with Gasteiger partial charge in [-0.15, -0.1) is 0 Å². The zero-order chi connectivity index (χ0) is 17.8. The molecule has 5 heteroatoms. The quantitative estimate of drug-likeness (QED) is 0.227. The molecule has 130 valence electrons. The number of hydrogen-bond donors (Lipinski definition) is 0. The molecular weight excluding hydrogens is 308 g/mol. The van der Waals surface area contributed by atoms with Gasteiger partial charge >= 0.3 is 5.97 Å². The third kappa shape index (κ3) is 7.65. The molecule has 0 saturated heterocycles. The second-order valence-electron chi connectivity index (χ2n) is 5.09. The van der Waals surface area contributed by atoms with E-state index < -0.39 is 0 Å². The van der Waals surface area contributed by atoms with E-state index in [1.165, 1.54) is 6.08 Å². The summed E-state index contributed by atoms with van der Waals surface area (Å²) < 4.78 is 20.6. The molecule has 0 bridgehead atoms. The van der Waals surface area contributed by atoms with Crippen molar-refractivity contribution in [2.75, 3.05) is 27.6 Å². The molecule has 0 spiro atoms. The van der Waals surface area contributed by atoms with Crippen LogP contribution in [0.3, 0.4) is 0 Å². The van der Waals surface area contributed by atoms with E-state index in [2.05, 4.69) is 0 Å². The van der Waals surface area contributed by atoms with Gasteiger partial charge in [0, 0.05) is 13.2 Å². The Bertz CT molecular complexity index is 610. The van der Waals surface area contributed by atoms with Crippen LogP contribution in [-0.2, 0) is 14.3 Å². The predicted molar refractivity (Wildman–Crippen MR) is 94.1 cm³/mol. The summed E-state index contributed by atoms with van der Waals surface area (Å²) in [7, 11) is 3.13. The summed E-state index contributed by atoms with van der Waals surface area (Å²) >= 11 is 0. The summed E-state index contributed by atoms with van der Waals surface area (Å²) in [5.74, 6) is 0.840. The molecule has 0 heterocycles. The number of carbonyl (C=O) groups is 1. The lowest BCUT2D eigenvalue weighted by atomic mass is 10.2. The van der Waals surface area contributed by atoms with Gasteiger partial charge in [-0.25, -0.2) is 4.79 Å². The van der Waals surface area contributed by atoms with Crippen molar-refractivity contribution in [2.45, 2.75) is 13.8 Å². The van der Waals surface area contributed by atoms with E-state index in [1.807, 2.05) is 38.1 Å². The van der Waals surface area contributed by atoms with Crippen LogP contribution in [0.5, 0.6) is 11.5 Å². The number of hydrogen-bond acceptors (Lipinski definition) is 5. The summed E-state index contributed by atoms with van der Waals surface area (Å²) in [6, 6.07) is 5.52. The maximum atomic E-state index is 11.5. The second kappa shape index (κ2) is 11.1. The van der Waals surface area contributed by atoms with Crippen molar-refractivity contribution >= 4 is 12.0 Å². The van der Waals surface area contributed by atoms with Crippen LogP contribution in [0, 0.1) is 0 Å². The molecule has 0 aromatic heterocycles. The molecule has 0 aliphatic heterocycles. The number of carbonyl (C=O) groups excluding carboxylic acids is 1. The van der Waals surface area contributed by atoms with E-state index in [4.69, 9.17) is 18.9 Å². The van der Waals surface area contributed by atoms with Crippen molar-refractivity contribution in [1.29, 1.82) is 0 Å². The highest BCUT2D eigenvalue weighted by Gasteiger charge is 2.04. The highest BCUT2D eigenvalue weighted by atomic mass is 16.7. The number of allylic oxidation sites excluding steroid dienone is 3. The first-order valence-electron chi connectivity index (χ1n) is 7.51. The molecule has 1 rings (SSSR count). The minimum atomic E-state index is -0.377. The summed E-state index contributed by atoms with van der Waals surface area (Å²) in [5.41, 5.74) is 2.03. The fraction of sp³-hybridized carbons (Fsp3) is 0.316. The van der Waals surface area contributed by atoms with Gasteiger partial charge in [0.1, 0.15) is 6.61 Å². The number of esters is 1. The van der Waals surface area contributed by atoms with Gasteiger partial charge in [-0.3, -0.25) is 0 Å². The molecule has 0 N–H and O–H groups in total. The van der Waals surface area contributed by atoms with Gasteiger partial charge in [-0.05, 0) is 37.6 Å². The van der Waals surface area contributed by atoms with Gasteiger partial charge in [-0.1, -0.05) is 29.9 Å². The van der Waals surface area contributed by atoms with Crippen LogP contribution in [0.4, 0.5) is 0 Å². The fourth-order valence-electron chi connectivity index (χ4n) is 1.67. The van der Waals surface area contributed by atoms with Gasteiger partial charge in [0.05, 0.1) is 7.11 Å². The van der Waals surface area contributed by atoms with Crippen LogP contribution in [0.1, 0.15) is 19.4 Å². The normalized spacial score (nSPS) is 10.8. The van der Waals surface area contributed by atoms with Crippen molar-refractivity contribution in [3.05, 3.63) is 53.6 Å². The Morgan fingerprint density at radius 3 is 2.58 bits per heavy atom. The molecule has 0 atom stereocenters. The Balaban J connectivity index is 2.59. The monoisotopic (exact) mass is 332 g/mol. The topological polar surface area (TPSA) is 54.0 Å². The summed E-state index contributed by atoms with van der Waals surface area (Å²) in [6.45, 7) is 4.34. The maximum absolute atomic E-state index is 11.5. The number of benzene rings is 1. The van der Waals surface area contributed by atoms with E-state index in [0.717, 1.165) is 11.1 Å². The van der Waals surface area contributed by atoms with Crippen LogP contribution in [0.15, 0.2) is 48.1 Å². The van der Waals surface area contributed by atoms with Crippen LogP contribution in [0.25, 0.3) is 6.08 Å². The van der Waals surface area contributed by atoms with Gasteiger partial charge in [0.25, 0.3) is 0 Å². The minimum Gasteiger partial charge on any atom is -0.493 e. The van der Waals surface area contributed by atoms with Crippen LogP contribution < -0.4 is 9.47 Å². The Hall–Kier alpha value is -2.53. The first kappa shape index (κ1) is 19.5. The van der Waals surface area contributed by atoms with E-state index >= 15 is 0 Å². The highest BCUT2D eigenvalue weighted by molar-refractivity contribution is 5.82. The largest absolute Gasteiger partial charge is 0.493 e. The lowest BCUT2D eigenvalue weighted by molar-refractivity contribution is -0.136. The zero-order valence-corrected chi connectivity index (χ0v) is 14.6. The predicted octanol–water partition coefficient (Wildman–Crippen LogP) is 3.76. The molecule has 0 amide bonds. The average molecular weight is 332 g/mol. The van der Waals surface area contributed by atoms with Crippen molar-refractivity contribution in [1.82, 2.24) is 0 Å². The van der Waals surface area contributed by atoms with Gasteiger partial charge in [0.2, 0.25) is 0 Å². The lowest BCUT2D eigenvalue weighted by Crippen LogP contribution is -2.00. The van der Waals surface area contributed by atoms with E-state index in [9.17, 15) is 4.79 Å². The van der Waals surface area contributed by atoms with E-state index in [1.54, 1.807) is 32.4 Å². The second-order valence-corrected chi connectivity index (χ2v) is 5.09. The number of rotatable bonds is 9. The average Bonchev–Trinajstić information content (AvgIpc) is 2.56. The van der Waals surface area contributed by atoms with Crippen molar-refractivity contribution in [2.24, 2.45) is 0 Å². The Labute approximate surface area is 143 Å². The number of ether oxygens (including phenoxy) is 4. The van der Waals surface area contributed by atoms with Crippen LogP contribution in [0.2, 0.25) is 0 Å². The van der Waals surface area contributed by atoms with Gasteiger partial charge in [0.15, 0.2) is 18.3 Å². The lowest BCUT2D eigenvalue weighted by Gasteiger charge is -2.10. The zero-order valence-electron chi connectivity index (χ0n) is 14.6. The van der Waals surface area contributed by atoms with Crippen molar-refractivity contribution < 1.29 is 23.7 Å². The summed E-state index contributed by atoms with van der Waals surface area (Å²) in [6.07, 6.45) is 8.46. The SMILES string of the molecule is COCOc1ccc(/C=C/C=C/C(=O)OCC=C(C)C)cc1OC. The highest BCUT2D eigenvalue weighted by Crippen LogP contribution is 2.28. The van der Waals surface area contributed by atoms with Crippen molar-refractivity contribution in [3.8, 4) is 11.5 Å². The third-order valence-electron chi connectivity index (χ3n) is 2.87. The first-order valence-corrected chi connectivity index (χ1v) is 7.51. The molecule has 5 nitrogen and oxygen atoms in total. The smallest absolute Gasteiger partial charge is 0.331 e. The molecule has 0 aliphatic carbocycles. The third-order valence-corrected chi connectivity index (χ3v) is 2.87. The molecule has 0 fully saturated rings. The molecule has 1 aromatic carbocycles. The van der Waals surface area contributed by atoms with Crippen LogP contribution in [-0.4, -0.2) is 33.6 Å². The molecule has 24 heavy (non-hydrogen) atoms. The van der Waals surface area contributed by atoms with E-state index in [-0.39, 0.29) is 19.4 Å². The maximum Gasteiger partial charge on any atom is 0.331 e. The van der Waals surface area contributed by atoms with Crippen LogP contribution >= 0.6 is 0 Å². The first-order chi connectivity index (χ1) is 11.6. The Morgan fingerprint density at radius 2 is 1.92 bits per heavy atom. The molecule has 1 aromatic rings. The van der Waals surface area contributed by atoms with Crippen molar-refractivity contribution in [3.63, 3.8) is 0 Å². The minimum absolute atomic E-state index is 0.156. The molecule has 0 unspecified atom stereocenters. The summed E-state index contributed by atoms with van der Waals surface area (Å²) in [5, 5.41) is 0. The van der Waals surface area contributed by atoms with Gasteiger partial charge in [-0.2, -0.15) is 0 Å². The Kier molecular flexibility index (Phi) is 9.01. The standard InChI is InChI=1S/C19H24O5/c1-15(2)11-12-23-19(20)8-6-5-7-16-9-10-17(24-14-21-3)18(13-16)22-4/h5-11,13H,12,14H2,1-4H3/b7-5+,8-6+. The summed E-state index contributed by atoms with van der Waals surface area (Å²) in [4.78, 5) is 11.5. The van der Waals surface area contributed by atoms with E-state index in [0.29, 0.717) is 11.5 Å².